The number of benzene rings is 3. The smallest absolute Gasteiger partial charge is 0.261 e. The molecule has 0 bridgehead atoms. The van der Waals surface area contributed by atoms with E-state index in [1.807, 2.05) is 0 Å². The molecule has 0 aromatic heterocycles. The molecule has 0 aliphatic heterocycles. The van der Waals surface area contributed by atoms with Crippen molar-refractivity contribution in [1.82, 2.24) is 5.32 Å². The van der Waals surface area contributed by atoms with Gasteiger partial charge in [0.15, 0.2) is 0 Å². The molecule has 9 heteroatoms. The van der Waals surface area contributed by atoms with E-state index in [1.54, 1.807) is 42.5 Å². The molecular formula is C23H20ClN3O4S. The lowest BCUT2D eigenvalue weighted by Gasteiger charge is -2.11. The molecule has 0 heterocycles. The molecule has 1 fully saturated rings. The zero-order valence-corrected chi connectivity index (χ0v) is 18.4. The number of anilines is 2. The van der Waals surface area contributed by atoms with E-state index in [4.69, 9.17) is 11.6 Å². The second-order valence-corrected chi connectivity index (χ2v) is 9.55. The highest BCUT2D eigenvalue weighted by atomic mass is 35.5. The Hall–Kier alpha value is -3.36. The Balaban J connectivity index is 1.49. The summed E-state index contributed by atoms with van der Waals surface area (Å²) in [7, 11) is -3.92. The molecule has 1 saturated carbocycles. The third kappa shape index (κ3) is 5.46. The minimum atomic E-state index is -3.92. The molecule has 1 aliphatic carbocycles. The average molecular weight is 470 g/mol. The molecule has 0 spiro atoms. The van der Waals surface area contributed by atoms with E-state index in [-0.39, 0.29) is 22.4 Å². The number of sulfonamides is 1. The molecular weight excluding hydrogens is 450 g/mol. The molecule has 3 N–H and O–H groups in total. The number of carbonyl (C=O) groups excluding carboxylic acids is 2. The molecule has 4 rings (SSSR count). The third-order valence-electron chi connectivity index (χ3n) is 4.78. The van der Waals surface area contributed by atoms with Crippen molar-refractivity contribution in [3.05, 3.63) is 88.9 Å². The van der Waals surface area contributed by atoms with E-state index in [1.165, 1.54) is 30.3 Å². The molecule has 0 radical (unpaired) electrons. The summed E-state index contributed by atoms with van der Waals surface area (Å²) in [5.41, 5.74) is 1.35. The van der Waals surface area contributed by atoms with Crippen molar-refractivity contribution in [2.75, 3.05) is 10.0 Å². The number of amides is 2. The summed E-state index contributed by atoms with van der Waals surface area (Å²) >= 11 is 5.91. The standard InChI is InChI=1S/C23H20ClN3O4S/c24-17-6-3-8-20(14-17)27-32(30,31)21-9-2-5-16(13-21)23(29)26-19-7-1-4-15(12-19)22(28)25-18-10-11-18/h1-9,12-14,18,27H,10-11H2,(H,25,28)(H,26,29). The summed E-state index contributed by atoms with van der Waals surface area (Å²) < 4.78 is 27.9. The predicted octanol–water partition coefficient (Wildman–Crippen LogP) is 4.29. The maximum atomic E-state index is 12.7. The van der Waals surface area contributed by atoms with Gasteiger partial charge in [0, 0.05) is 27.9 Å². The quantitative estimate of drug-likeness (QED) is 0.480. The fraction of sp³-hybridized carbons (Fsp3) is 0.130. The van der Waals surface area contributed by atoms with Crippen LogP contribution in [0.1, 0.15) is 33.6 Å². The van der Waals surface area contributed by atoms with Crippen LogP contribution in [0.3, 0.4) is 0 Å². The normalized spacial score (nSPS) is 13.3. The van der Waals surface area contributed by atoms with Gasteiger partial charge in [-0.25, -0.2) is 8.42 Å². The van der Waals surface area contributed by atoms with E-state index in [9.17, 15) is 18.0 Å². The van der Waals surface area contributed by atoms with Gasteiger partial charge in [-0.05, 0) is 67.4 Å². The second kappa shape index (κ2) is 9.02. The van der Waals surface area contributed by atoms with Crippen molar-refractivity contribution in [2.45, 2.75) is 23.8 Å². The van der Waals surface area contributed by atoms with Crippen LogP contribution in [0.2, 0.25) is 5.02 Å². The maximum absolute atomic E-state index is 12.7. The van der Waals surface area contributed by atoms with Gasteiger partial charge >= 0.3 is 0 Å². The van der Waals surface area contributed by atoms with Crippen LogP contribution in [0.25, 0.3) is 0 Å². The van der Waals surface area contributed by atoms with E-state index in [0.717, 1.165) is 12.8 Å². The van der Waals surface area contributed by atoms with Crippen molar-refractivity contribution in [3.63, 3.8) is 0 Å². The van der Waals surface area contributed by atoms with E-state index in [0.29, 0.717) is 22.0 Å². The maximum Gasteiger partial charge on any atom is 0.261 e. The third-order valence-corrected chi connectivity index (χ3v) is 6.39. The van der Waals surface area contributed by atoms with Gasteiger partial charge in [-0.1, -0.05) is 29.8 Å². The van der Waals surface area contributed by atoms with E-state index in [2.05, 4.69) is 15.4 Å². The molecule has 0 unspecified atom stereocenters. The van der Waals surface area contributed by atoms with Crippen molar-refractivity contribution < 1.29 is 18.0 Å². The van der Waals surface area contributed by atoms with Gasteiger partial charge in [0.25, 0.3) is 21.8 Å². The lowest BCUT2D eigenvalue weighted by atomic mass is 10.1. The van der Waals surface area contributed by atoms with Crippen LogP contribution < -0.4 is 15.4 Å². The van der Waals surface area contributed by atoms with Crippen LogP contribution in [0.4, 0.5) is 11.4 Å². The molecule has 3 aromatic rings. The number of halogens is 1. The lowest BCUT2D eigenvalue weighted by molar-refractivity contribution is 0.0949. The Morgan fingerprint density at radius 3 is 2.19 bits per heavy atom. The first-order valence-corrected chi connectivity index (χ1v) is 11.8. The number of rotatable bonds is 7. The van der Waals surface area contributed by atoms with Crippen LogP contribution in [0.5, 0.6) is 0 Å². The second-order valence-electron chi connectivity index (χ2n) is 7.43. The summed E-state index contributed by atoms with van der Waals surface area (Å²) in [4.78, 5) is 24.9. The Morgan fingerprint density at radius 2 is 1.47 bits per heavy atom. The summed E-state index contributed by atoms with van der Waals surface area (Å²) in [5.74, 6) is -0.687. The summed E-state index contributed by atoms with van der Waals surface area (Å²) in [6.45, 7) is 0. The monoisotopic (exact) mass is 469 g/mol. The Bertz CT molecular complexity index is 1290. The average Bonchev–Trinajstić information content (AvgIpc) is 3.58. The Kier molecular flexibility index (Phi) is 6.16. The van der Waals surface area contributed by atoms with Crippen molar-refractivity contribution in [1.29, 1.82) is 0 Å². The van der Waals surface area contributed by atoms with Crippen molar-refractivity contribution >= 4 is 44.8 Å². The first-order valence-electron chi connectivity index (χ1n) is 9.91. The molecule has 164 valence electrons. The van der Waals surface area contributed by atoms with Gasteiger partial charge < -0.3 is 10.6 Å². The largest absolute Gasteiger partial charge is 0.349 e. The van der Waals surface area contributed by atoms with Gasteiger partial charge in [-0.15, -0.1) is 0 Å². The molecule has 3 aromatic carbocycles. The van der Waals surface area contributed by atoms with E-state index >= 15 is 0 Å². The minimum absolute atomic E-state index is 0.0670. The summed E-state index contributed by atoms with van der Waals surface area (Å²) in [6, 6.07) is 18.8. The van der Waals surface area contributed by atoms with Crippen molar-refractivity contribution in [2.24, 2.45) is 0 Å². The number of hydrogen-bond donors (Lipinski definition) is 3. The van der Waals surface area contributed by atoms with Crippen LogP contribution in [0.15, 0.2) is 77.7 Å². The van der Waals surface area contributed by atoms with Crippen LogP contribution in [0, 0.1) is 0 Å². The van der Waals surface area contributed by atoms with Crippen LogP contribution in [-0.2, 0) is 10.0 Å². The number of hydrogen-bond acceptors (Lipinski definition) is 4. The highest BCUT2D eigenvalue weighted by Crippen LogP contribution is 2.22. The molecule has 0 saturated heterocycles. The molecule has 2 amide bonds. The van der Waals surface area contributed by atoms with Gasteiger partial charge in [0.2, 0.25) is 0 Å². The highest BCUT2D eigenvalue weighted by Gasteiger charge is 2.24. The Morgan fingerprint density at radius 1 is 0.812 bits per heavy atom. The molecule has 1 aliphatic rings. The SMILES string of the molecule is O=C(Nc1cccc(C(=O)NC2CC2)c1)c1cccc(S(=O)(=O)Nc2cccc(Cl)c2)c1. The fourth-order valence-electron chi connectivity index (χ4n) is 3.01. The zero-order valence-electron chi connectivity index (χ0n) is 16.8. The van der Waals surface area contributed by atoms with Crippen molar-refractivity contribution in [3.8, 4) is 0 Å². The van der Waals surface area contributed by atoms with Gasteiger partial charge in [0.05, 0.1) is 10.6 Å². The van der Waals surface area contributed by atoms with Gasteiger partial charge in [-0.3, -0.25) is 14.3 Å². The molecule has 7 nitrogen and oxygen atoms in total. The highest BCUT2D eigenvalue weighted by molar-refractivity contribution is 7.92. The van der Waals surface area contributed by atoms with Gasteiger partial charge in [0.1, 0.15) is 0 Å². The number of carbonyl (C=O) groups is 2. The van der Waals surface area contributed by atoms with Gasteiger partial charge in [-0.2, -0.15) is 0 Å². The summed E-state index contributed by atoms with van der Waals surface area (Å²) in [5, 5.41) is 6.00. The Labute approximate surface area is 190 Å². The lowest BCUT2D eigenvalue weighted by Crippen LogP contribution is -2.25. The first-order chi connectivity index (χ1) is 15.3. The topological polar surface area (TPSA) is 104 Å². The van der Waals surface area contributed by atoms with Crippen LogP contribution in [-0.4, -0.2) is 26.3 Å². The molecule has 0 atom stereocenters. The minimum Gasteiger partial charge on any atom is -0.349 e. The first kappa shape index (κ1) is 21.9. The van der Waals surface area contributed by atoms with Crippen LogP contribution >= 0.6 is 11.6 Å². The summed E-state index contributed by atoms with van der Waals surface area (Å²) in [6.07, 6.45) is 1.96. The predicted molar refractivity (Wildman–Crippen MR) is 124 cm³/mol. The molecule has 32 heavy (non-hydrogen) atoms. The number of nitrogens with one attached hydrogen (secondary N) is 3. The fourth-order valence-corrected chi connectivity index (χ4v) is 4.29. The zero-order chi connectivity index (χ0) is 22.7. The van der Waals surface area contributed by atoms with E-state index < -0.39 is 15.9 Å².